The zero-order valence-electron chi connectivity index (χ0n) is 13.3. The first-order valence-electron chi connectivity index (χ1n) is 8.82. The van der Waals surface area contributed by atoms with Gasteiger partial charge in [-0.2, -0.15) is 0 Å². The van der Waals surface area contributed by atoms with Crippen molar-refractivity contribution >= 4 is 5.91 Å². The van der Waals surface area contributed by atoms with Gasteiger partial charge in [0.2, 0.25) is 5.91 Å². The minimum Gasteiger partial charge on any atom is -0.340 e. The topological polar surface area (TPSA) is 32.3 Å². The Morgan fingerprint density at radius 1 is 1.18 bits per heavy atom. The summed E-state index contributed by atoms with van der Waals surface area (Å²) >= 11 is 0. The smallest absolute Gasteiger partial charge is 0.229 e. The number of nitrogens with zero attached hydrogens (tertiary/aromatic N) is 1. The minimum absolute atomic E-state index is 0.110. The van der Waals surface area contributed by atoms with E-state index in [1.165, 1.54) is 24.8 Å². The van der Waals surface area contributed by atoms with Crippen molar-refractivity contribution in [2.75, 3.05) is 26.2 Å². The SMILES string of the molecule is O=C(N1CCNCC1)C1(Cc2ccccc2)CC2CCC1C2. The number of benzene rings is 1. The van der Waals surface area contributed by atoms with E-state index in [2.05, 4.69) is 40.5 Å². The monoisotopic (exact) mass is 298 g/mol. The zero-order valence-corrected chi connectivity index (χ0v) is 13.3. The highest BCUT2D eigenvalue weighted by molar-refractivity contribution is 5.84. The molecule has 1 amide bonds. The van der Waals surface area contributed by atoms with E-state index in [4.69, 9.17) is 0 Å². The van der Waals surface area contributed by atoms with E-state index in [1.807, 2.05) is 0 Å². The number of piperazine rings is 1. The van der Waals surface area contributed by atoms with Gasteiger partial charge in [-0.05, 0) is 43.1 Å². The van der Waals surface area contributed by atoms with Crippen molar-refractivity contribution in [3.63, 3.8) is 0 Å². The number of fused-ring (bicyclic) bond motifs is 2. The number of carbonyl (C=O) groups excluding carboxylic acids is 1. The third-order valence-electron chi connectivity index (χ3n) is 6.17. The van der Waals surface area contributed by atoms with Crippen LogP contribution in [0.4, 0.5) is 0 Å². The van der Waals surface area contributed by atoms with Gasteiger partial charge < -0.3 is 10.2 Å². The normalized spacial score (nSPS) is 34.1. The summed E-state index contributed by atoms with van der Waals surface area (Å²) in [5, 5.41) is 3.36. The number of nitrogens with one attached hydrogen (secondary N) is 1. The van der Waals surface area contributed by atoms with Gasteiger partial charge in [0.25, 0.3) is 0 Å². The van der Waals surface area contributed by atoms with E-state index in [0.29, 0.717) is 11.8 Å². The van der Waals surface area contributed by atoms with Gasteiger partial charge in [-0.3, -0.25) is 4.79 Å². The van der Waals surface area contributed by atoms with Gasteiger partial charge in [-0.15, -0.1) is 0 Å². The van der Waals surface area contributed by atoms with Crippen molar-refractivity contribution in [3.8, 4) is 0 Å². The number of amides is 1. The molecule has 3 nitrogen and oxygen atoms in total. The molecule has 1 aromatic carbocycles. The summed E-state index contributed by atoms with van der Waals surface area (Å²) in [5.41, 5.74) is 1.22. The fourth-order valence-electron chi connectivity index (χ4n) is 5.14. The van der Waals surface area contributed by atoms with Crippen LogP contribution < -0.4 is 5.32 Å². The van der Waals surface area contributed by atoms with Gasteiger partial charge in [0.15, 0.2) is 0 Å². The van der Waals surface area contributed by atoms with E-state index in [1.54, 1.807) is 0 Å². The Balaban J connectivity index is 1.62. The Bertz CT molecular complexity index is 538. The van der Waals surface area contributed by atoms with Crippen molar-refractivity contribution in [2.45, 2.75) is 32.1 Å². The molecule has 1 N–H and O–H groups in total. The lowest BCUT2D eigenvalue weighted by Gasteiger charge is -2.42. The first-order chi connectivity index (χ1) is 10.8. The molecule has 3 aliphatic rings. The van der Waals surface area contributed by atoms with Gasteiger partial charge >= 0.3 is 0 Å². The van der Waals surface area contributed by atoms with Crippen LogP contribution in [-0.2, 0) is 11.2 Å². The van der Waals surface area contributed by atoms with Crippen LogP contribution in [0, 0.1) is 17.3 Å². The predicted octanol–water partition coefficient (Wildman–Crippen LogP) is 2.47. The van der Waals surface area contributed by atoms with Gasteiger partial charge in [0.1, 0.15) is 0 Å². The molecule has 1 aliphatic heterocycles. The van der Waals surface area contributed by atoms with Crippen molar-refractivity contribution in [1.82, 2.24) is 10.2 Å². The number of hydrogen-bond donors (Lipinski definition) is 1. The quantitative estimate of drug-likeness (QED) is 0.930. The molecule has 0 spiro atoms. The maximum atomic E-state index is 13.4. The van der Waals surface area contributed by atoms with Crippen LogP contribution >= 0.6 is 0 Å². The molecule has 118 valence electrons. The second-order valence-corrected chi connectivity index (χ2v) is 7.44. The number of rotatable bonds is 3. The Labute approximate surface area is 133 Å². The van der Waals surface area contributed by atoms with Gasteiger partial charge in [0, 0.05) is 26.2 Å². The van der Waals surface area contributed by atoms with Crippen molar-refractivity contribution in [1.29, 1.82) is 0 Å². The summed E-state index contributed by atoms with van der Waals surface area (Å²) in [6.07, 6.45) is 5.95. The molecule has 3 unspecified atom stereocenters. The van der Waals surface area contributed by atoms with E-state index >= 15 is 0 Å². The largest absolute Gasteiger partial charge is 0.340 e. The zero-order chi connectivity index (χ0) is 15.0. The summed E-state index contributed by atoms with van der Waals surface area (Å²) in [5.74, 6) is 1.85. The Hall–Kier alpha value is -1.35. The van der Waals surface area contributed by atoms with Crippen LogP contribution in [0.2, 0.25) is 0 Å². The van der Waals surface area contributed by atoms with Gasteiger partial charge in [0.05, 0.1) is 5.41 Å². The molecule has 2 aliphatic carbocycles. The molecular weight excluding hydrogens is 272 g/mol. The van der Waals surface area contributed by atoms with Crippen LogP contribution in [0.15, 0.2) is 30.3 Å². The molecule has 2 saturated carbocycles. The predicted molar refractivity (Wildman–Crippen MR) is 87.5 cm³/mol. The summed E-state index contributed by atoms with van der Waals surface area (Å²) in [7, 11) is 0. The summed E-state index contributed by atoms with van der Waals surface area (Å²) < 4.78 is 0. The molecule has 1 heterocycles. The molecule has 3 heteroatoms. The van der Waals surface area contributed by atoms with Gasteiger partial charge in [-0.25, -0.2) is 0 Å². The first-order valence-corrected chi connectivity index (χ1v) is 8.82. The highest BCUT2D eigenvalue weighted by Gasteiger charge is 2.56. The molecule has 1 aromatic rings. The molecule has 4 rings (SSSR count). The molecule has 0 radical (unpaired) electrons. The maximum Gasteiger partial charge on any atom is 0.229 e. The van der Waals surface area contributed by atoms with Crippen LogP contribution in [0.5, 0.6) is 0 Å². The van der Waals surface area contributed by atoms with Crippen LogP contribution in [0.25, 0.3) is 0 Å². The second-order valence-electron chi connectivity index (χ2n) is 7.44. The highest BCUT2D eigenvalue weighted by atomic mass is 16.2. The van der Waals surface area contributed by atoms with Crippen molar-refractivity contribution < 1.29 is 4.79 Å². The van der Waals surface area contributed by atoms with Crippen LogP contribution in [0.3, 0.4) is 0 Å². The van der Waals surface area contributed by atoms with Crippen molar-refractivity contribution in [2.24, 2.45) is 17.3 Å². The van der Waals surface area contributed by atoms with Crippen LogP contribution in [-0.4, -0.2) is 37.0 Å². The molecule has 3 fully saturated rings. The Morgan fingerprint density at radius 2 is 1.95 bits per heavy atom. The van der Waals surface area contributed by atoms with E-state index in [-0.39, 0.29) is 5.41 Å². The number of carbonyl (C=O) groups is 1. The molecule has 22 heavy (non-hydrogen) atoms. The average Bonchev–Trinajstić information content (AvgIpc) is 3.17. The van der Waals surface area contributed by atoms with Crippen LogP contribution in [0.1, 0.15) is 31.2 Å². The minimum atomic E-state index is -0.110. The lowest BCUT2D eigenvalue weighted by molar-refractivity contribution is -0.146. The third-order valence-corrected chi connectivity index (χ3v) is 6.17. The maximum absolute atomic E-state index is 13.4. The van der Waals surface area contributed by atoms with Gasteiger partial charge in [-0.1, -0.05) is 36.8 Å². The highest BCUT2D eigenvalue weighted by Crippen LogP contribution is 2.58. The molecular formula is C19H26N2O. The Morgan fingerprint density at radius 3 is 2.59 bits per heavy atom. The molecule has 1 saturated heterocycles. The first kappa shape index (κ1) is 14.3. The lowest BCUT2D eigenvalue weighted by Crippen LogP contribution is -2.54. The summed E-state index contributed by atoms with van der Waals surface area (Å²) in [6.45, 7) is 3.65. The fraction of sp³-hybridized carbons (Fsp3) is 0.632. The standard InChI is InChI=1S/C19H26N2O/c22-18(21-10-8-20-9-11-21)19(13-15-4-2-1-3-5-15)14-16-6-7-17(19)12-16/h1-5,16-17,20H,6-14H2. The molecule has 3 atom stereocenters. The Kier molecular flexibility index (Phi) is 3.69. The van der Waals surface area contributed by atoms with E-state index in [9.17, 15) is 4.79 Å². The molecule has 0 aromatic heterocycles. The average molecular weight is 298 g/mol. The molecule has 2 bridgehead atoms. The van der Waals surface area contributed by atoms with Crippen molar-refractivity contribution in [3.05, 3.63) is 35.9 Å². The third kappa shape index (κ3) is 2.36. The lowest BCUT2D eigenvalue weighted by atomic mass is 9.68. The fourth-order valence-corrected chi connectivity index (χ4v) is 5.14. The van der Waals surface area contributed by atoms with E-state index < -0.39 is 0 Å². The summed E-state index contributed by atoms with van der Waals surface area (Å²) in [4.78, 5) is 15.6. The van der Waals surface area contributed by atoms with E-state index in [0.717, 1.165) is 44.9 Å². The second kappa shape index (κ2) is 5.69. The summed E-state index contributed by atoms with van der Waals surface area (Å²) in [6, 6.07) is 10.7. The number of hydrogen-bond acceptors (Lipinski definition) is 2.